The summed E-state index contributed by atoms with van der Waals surface area (Å²) < 4.78 is 0.778. The van der Waals surface area contributed by atoms with Crippen LogP contribution in [0.5, 0.6) is 0 Å². The van der Waals surface area contributed by atoms with Crippen LogP contribution in [0.3, 0.4) is 0 Å². The van der Waals surface area contributed by atoms with Gasteiger partial charge in [0.15, 0.2) is 4.34 Å². The van der Waals surface area contributed by atoms with Gasteiger partial charge in [-0.3, -0.25) is 4.79 Å². The minimum atomic E-state index is -0.210. The van der Waals surface area contributed by atoms with Crippen LogP contribution in [-0.4, -0.2) is 27.9 Å². The van der Waals surface area contributed by atoms with Crippen molar-refractivity contribution in [1.82, 2.24) is 15.5 Å². The van der Waals surface area contributed by atoms with Gasteiger partial charge in [-0.15, -0.1) is 21.5 Å². The van der Waals surface area contributed by atoms with Gasteiger partial charge >= 0.3 is 0 Å². The Labute approximate surface area is 165 Å². The number of aryl methyl sites for hydroxylation is 1. The molecule has 2 heterocycles. The largest absolute Gasteiger partial charge is 0.355 e. The Morgan fingerprint density at radius 3 is 2.77 bits per heavy atom. The molecule has 8 heteroatoms. The van der Waals surface area contributed by atoms with E-state index in [-0.39, 0.29) is 11.2 Å². The lowest BCUT2D eigenvalue weighted by Gasteiger charge is -2.09. The first kappa shape index (κ1) is 18.9. The molecule has 0 aliphatic heterocycles. The molecule has 0 bridgehead atoms. The third kappa shape index (κ3) is 5.55. The second-order valence-electron chi connectivity index (χ2n) is 5.74. The van der Waals surface area contributed by atoms with Crippen molar-refractivity contribution in [1.29, 1.82) is 0 Å². The fourth-order valence-electron chi connectivity index (χ4n) is 2.18. The second-order valence-corrected chi connectivity index (χ2v) is 9.34. The van der Waals surface area contributed by atoms with Gasteiger partial charge in [0, 0.05) is 17.1 Å². The SMILES string of the molecule is Cc1ccc(Nc2nnc(SC(C)C(=O)NCCc3cccs3)s2)cc1. The fourth-order valence-corrected chi connectivity index (χ4v) is 4.83. The Kier molecular flexibility index (Phi) is 6.65. The van der Waals surface area contributed by atoms with Gasteiger partial charge in [0.1, 0.15) is 0 Å². The van der Waals surface area contributed by atoms with E-state index in [1.165, 1.54) is 33.5 Å². The minimum absolute atomic E-state index is 0.0230. The number of hydrogen-bond donors (Lipinski definition) is 2. The molecule has 5 nitrogen and oxygen atoms in total. The fraction of sp³-hybridized carbons (Fsp3) is 0.278. The van der Waals surface area contributed by atoms with E-state index in [0.717, 1.165) is 21.6 Å². The predicted molar refractivity (Wildman–Crippen MR) is 111 cm³/mol. The topological polar surface area (TPSA) is 66.9 Å². The Morgan fingerprint density at radius 1 is 1.23 bits per heavy atom. The number of benzene rings is 1. The van der Waals surface area contributed by atoms with Crippen LogP contribution < -0.4 is 10.6 Å². The van der Waals surface area contributed by atoms with Crippen molar-refractivity contribution in [3.05, 3.63) is 52.2 Å². The smallest absolute Gasteiger partial charge is 0.233 e. The Bertz CT molecular complexity index is 831. The Morgan fingerprint density at radius 2 is 2.04 bits per heavy atom. The van der Waals surface area contributed by atoms with Gasteiger partial charge in [0.2, 0.25) is 11.0 Å². The highest BCUT2D eigenvalue weighted by atomic mass is 32.2. The molecule has 1 unspecified atom stereocenters. The quantitative estimate of drug-likeness (QED) is 0.542. The summed E-state index contributed by atoms with van der Waals surface area (Å²) in [6, 6.07) is 12.2. The zero-order valence-corrected chi connectivity index (χ0v) is 17.0. The zero-order chi connectivity index (χ0) is 18.4. The van der Waals surface area contributed by atoms with Crippen molar-refractivity contribution in [2.24, 2.45) is 0 Å². The molecule has 3 aromatic rings. The van der Waals surface area contributed by atoms with E-state index in [4.69, 9.17) is 0 Å². The van der Waals surface area contributed by atoms with Gasteiger partial charge in [0.25, 0.3) is 0 Å². The van der Waals surface area contributed by atoms with Crippen LogP contribution in [0.25, 0.3) is 0 Å². The van der Waals surface area contributed by atoms with Gasteiger partial charge in [-0.1, -0.05) is 46.9 Å². The van der Waals surface area contributed by atoms with Crippen LogP contribution in [0.15, 0.2) is 46.1 Å². The average molecular weight is 405 g/mol. The number of carbonyl (C=O) groups excluding carboxylic acids is 1. The van der Waals surface area contributed by atoms with Crippen molar-refractivity contribution in [2.45, 2.75) is 29.9 Å². The summed E-state index contributed by atoms with van der Waals surface area (Å²) in [6.45, 7) is 4.59. The van der Waals surface area contributed by atoms with Crippen molar-refractivity contribution < 1.29 is 4.79 Å². The third-order valence-electron chi connectivity index (χ3n) is 3.61. The van der Waals surface area contributed by atoms with Crippen LogP contribution in [0.2, 0.25) is 0 Å². The first-order valence-corrected chi connectivity index (χ1v) is 10.8. The maximum Gasteiger partial charge on any atom is 0.233 e. The first-order chi connectivity index (χ1) is 12.6. The molecule has 136 valence electrons. The summed E-state index contributed by atoms with van der Waals surface area (Å²) in [5, 5.41) is 17.1. The Balaban J connectivity index is 1.46. The number of carbonyl (C=O) groups is 1. The van der Waals surface area contributed by atoms with Crippen LogP contribution in [0, 0.1) is 6.92 Å². The molecule has 2 N–H and O–H groups in total. The normalized spacial score (nSPS) is 11.9. The lowest BCUT2D eigenvalue weighted by molar-refractivity contribution is -0.120. The van der Waals surface area contributed by atoms with Crippen LogP contribution in [0.4, 0.5) is 10.8 Å². The second kappa shape index (κ2) is 9.16. The molecule has 1 aromatic carbocycles. The standard InChI is InChI=1S/C18H20N4OS3/c1-12-5-7-14(8-6-12)20-17-21-22-18(26-17)25-13(2)16(23)19-10-9-15-4-3-11-24-15/h3-8,11,13H,9-10H2,1-2H3,(H,19,23)(H,20,21). The van der Waals surface area contributed by atoms with E-state index in [9.17, 15) is 4.79 Å². The van der Waals surface area contributed by atoms with Gasteiger partial charge < -0.3 is 10.6 Å². The number of nitrogens with zero attached hydrogens (tertiary/aromatic N) is 2. The van der Waals surface area contributed by atoms with Crippen molar-refractivity contribution in [3.8, 4) is 0 Å². The summed E-state index contributed by atoms with van der Waals surface area (Å²) in [7, 11) is 0. The molecule has 0 saturated heterocycles. The number of nitrogens with one attached hydrogen (secondary N) is 2. The number of thioether (sulfide) groups is 1. The number of aromatic nitrogens is 2. The van der Waals surface area contributed by atoms with E-state index >= 15 is 0 Å². The van der Waals surface area contributed by atoms with E-state index < -0.39 is 0 Å². The number of hydrogen-bond acceptors (Lipinski definition) is 7. The van der Waals surface area contributed by atoms with Gasteiger partial charge in [-0.2, -0.15) is 0 Å². The van der Waals surface area contributed by atoms with Crippen molar-refractivity contribution >= 4 is 51.2 Å². The van der Waals surface area contributed by atoms with Gasteiger partial charge in [0.05, 0.1) is 5.25 Å². The molecule has 0 saturated carbocycles. The molecule has 26 heavy (non-hydrogen) atoms. The summed E-state index contributed by atoms with van der Waals surface area (Å²) in [5.74, 6) is 0.0230. The van der Waals surface area contributed by atoms with Gasteiger partial charge in [-0.05, 0) is 43.8 Å². The van der Waals surface area contributed by atoms with E-state index in [2.05, 4.69) is 33.8 Å². The maximum atomic E-state index is 12.2. The van der Waals surface area contributed by atoms with Crippen LogP contribution in [0.1, 0.15) is 17.4 Å². The number of rotatable bonds is 8. The van der Waals surface area contributed by atoms with Crippen LogP contribution >= 0.6 is 34.4 Å². The molecule has 0 aliphatic carbocycles. The number of thiophene rings is 1. The lowest BCUT2D eigenvalue weighted by Crippen LogP contribution is -2.32. The van der Waals surface area contributed by atoms with Crippen molar-refractivity contribution in [3.63, 3.8) is 0 Å². The van der Waals surface area contributed by atoms with E-state index in [0.29, 0.717) is 6.54 Å². The van der Waals surface area contributed by atoms with Gasteiger partial charge in [-0.25, -0.2) is 0 Å². The van der Waals surface area contributed by atoms with Crippen molar-refractivity contribution in [2.75, 3.05) is 11.9 Å². The number of anilines is 2. The van der Waals surface area contributed by atoms with Crippen LogP contribution in [-0.2, 0) is 11.2 Å². The molecule has 0 spiro atoms. The zero-order valence-electron chi connectivity index (χ0n) is 14.6. The first-order valence-electron chi connectivity index (χ1n) is 8.24. The third-order valence-corrected chi connectivity index (χ3v) is 6.57. The molecule has 1 amide bonds. The molecule has 0 radical (unpaired) electrons. The molecule has 3 rings (SSSR count). The summed E-state index contributed by atoms with van der Waals surface area (Å²) in [5.41, 5.74) is 2.19. The molecule has 1 atom stereocenters. The highest BCUT2D eigenvalue weighted by Gasteiger charge is 2.17. The Hall–Kier alpha value is -1.90. The lowest BCUT2D eigenvalue weighted by atomic mass is 10.2. The summed E-state index contributed by atoms with van der Waals surface area (Å²) >= 11 is 4.59. The number of amides is 1. The molecular weight excluding hydrogens is 384 g/mol. The average Bonchev–Trinajstić information content (AvgIpc) is 3.29. The molecule has 0 aliphatic rings. The summed E-state index contributed by atoms with van der Waals surface area (Å²) in [6.07, 6.45) is 0.865. The maximum absolute atomic E-state index is 12.2. The highest BCUT2D eigenvalue weighted by Crippen LogP contribution is 2.30. The van der Waals surface area contributed by atoms with E-state index in [1.54, 1.807) is 11.3 Å². The van der Waals surface area contributed by atoms with E-state index in [1.807, 2.05) is 42.6 Å². The predicted octanol–water partition coefficient (Wildman–Crippen LogP) is 4.49. The summed E-state index contributed by atoms with van der Waals surface area (Å²) in [4.78, 5) is 13.5. The molecular formula is C18H20N4OS3. The minimum Gasteiger partial charge on any atom is -0.355 e. The monoisotopic (exact) mass is 404 g/mol. The molecule has 2 aromatic heterocycles. The molecule has 0 fully saturated rings. The highest BCUT2D eigenvalue weighted by molar-refractivity contribution is 8.02.